The second kappa shape index (κ2) is 9.83. The van der Waals surface area contributed by atoms with Crippen molar-refractivity contribution in [2.75, 3.05) is 18.4 Å². The second-order valence-electron chi connectivity index (χ2n) is 7.11. The first-order valence-electron chi connectivity index (χ1n) is 9.38. The lowest BCUT2D eigenvalue weighted by Gasteiger charge is -2.30. The number of benzene rings is 1. The van der Waals surface area contributed by atoms with Crippen LogP contribution in [0.2, 0.25) is 0 Å². The lowest BCUT2D eigenvalue weighted by Crippen LogP contribution is -2.42. The molecule has 0 bridgehead atoms. The van der Waals surface area contributed by atoms with Crippen molar-refractivity contribution in [3.8, 4) is 0 Å². The van der Waals surface area contributed by atoms with Crippen LogP contribution in [0.15, 0.2) is 40.8 Å². The number of carbonyl (C=O) groups excluding carboxylic acids is 2. The number of nitro benzene ring substituents is 1. The molecule has 0 atom stereocenters. The van der Waals surface area contributed by atoms with E-state index in [-0.39, 0.29) is 28.8 Å². The number of non-ortho nitro benzene ring substituents is 1. The molecule has 1 aromatic heterocycles. The van der Waals surface area contributed by atoms with Gasteiger partial charge in [0.05, 0.1) is 4.92 Å². The van der Waals surface area contributed by atoms with E-state index in [2.05, 4.69) is 43.2 Å². The maximum atomic E-state index is 12.2. The van der Waals surface area contributed by atoms with Crippen LogP contribution in [0.4, 0.5) is 11.6 Å². The van der Waals surface area contributed by atoms with Gasteiger partial charge in [0.2, 0.25) is 5.88 Å². The standard InChI is InChI=1S/C20H26N4O5/c1-13(2)23(14(3)4)11-10-21-20(26)17-8-9-18(29-17)22-19(25)15-6-5-7-16(12-15)24(27)28/h5-9,12-14H,10-11H2,1-4H3,(H,21,26)(H,22,25). The van der Waals surface area contributed by atoms with Gasteiger partial charge in [-0.25, -0.2) is 0 Å². The quantitative estimate of drug-likeness (QED) is 0.491. The van der Waals surface area contributed by atoms with Crippen LogP contribution in [-0.2, 0) is 0 Å². The first-order chi connectivity index (χ1) is 13.7. The van der Waals surface area contributed by atoms with E-state index in [1.54, 1.807) is 0 Å². The highest BCUT2D eigenvalue weighted by Crippen LogP contribution is 2.17. The lowest BCUT2D eigenvalue weighted by molar-refractivity contribution is -0.384. The Hall–Kier alpha value is -3.20. The maximum absolute atomic E-state index is 12.2. The molecule has 0 saturated heterocycles. The molecule has 1 heterocycles. The predicted octanol–water partition coefficient (Wildman–Crippen LogP) is 3.29. The molecule has 2 N–H and O–H groups in total. The van der Waals surface area contributed by atoms with E-state index in [9.17, 15) is 19.7 Å². The van der Waals surface area contributed by atoms with Gasteiger partial charge in [-0.1, -0.05) is 6.07 Å². The van der Waals surface area contributed by atoms with Gasteiger partial charge < -0.3 is 9.73 Å². The number of carbonyl (C=O) groups is 2. The number of furan rings is 1. The van der Waals surface area contributed by atoms with E-state index in [1.165, 1.54) is 36.4 Å². The predicted molar refractivity (Wildman–Crippen MR) is 109 cm³/mol. The maximum Gasteiger partial charge on any atom is 0.287 e. The van der Waals surface area contributed by atoms with Crippen LogP contribution < -0.4 is 10.6 Å². The van der Waals surface area contributed by atoms with Gasteiger partial charge in [0.25, 0.3) is 17.5 Å². The molecular weight excluding hydrogens is 376 g/mol. The zero-order chi connectivity index (χ0) is 21.6. The van der Waals surface area contributed by atoms with Crippen molar-refractivity contribution in [3.05, 3.63) is 57.8 Å². The Labute approximate surface area is 169 Å². The molecule has 0 saturated carbocycles. The molecule has 2 rings (SSSR count). The van der Waals surface area contributed by atoms with Crippen molar-refractivity contribution in [3.63, 3.8) is 0 Å². The van der Waals surface area contributed by atoms with Crippen LogP contribution in [0, 0.1) is 10.1 Å². The monoisotopic (exact) mass is 402 g/mol. The number of hydrogen-bond acceptors (Lipinski definition) is 6. The number of hydrogen-bond donors (Lipinski definition) is 2. The summed E-state index contributed by atoms with van der Waals surface area (Å²) in [5.41, 5.74) is -0.0712. The molecule has 29 heavy (non-hydrogen) atoms. The summed E-state index contributed by atoms with van der Waals surface area (Å²) >= 11 is 0. The molecule has 0 spiro atoms. The van der Waals surface area contributed by atoms with E-state index in [4.69, 9.17) is 4.42 Å². The Kier molecular flexibility index (Phi) is 7.49. The van der Waals surface area contributed by atoms with Gasteiger partial charge in [0.1, 0.15) is 0 Å². The summed E-state index contributed by atoms with van der Waals surface area (Å²) in [5, 5.41) is 16.1. The molecule has 2 aromatic rings. The topological polar surface area (TPSA) is 118 Å². The van der Waals surface area contributed by atoms with Crippen molar-refractivity contribution < 1.29 is 18.9 Å². The summed E-state index contributed by atoms with van der Waals surface area (Å²) in [7, 11) is 0. The van der Waals surface area contributed by atoms with Gasteiger partial charge in [-0.2, -0.15) is 0 Å². The number of amides is 2. The largest absolute Gasteiger partial charge is 0.435 e. The fraction of sp³-hybridized carbons (Fsp3) is 0.400. The smallest absolute Gasteiger partial charge is 0.287 e. The molecule has 0 fully saturated rings. The first-order valence-corrected chi connectivity index (χ1v) is 9.38. The van der Waals surface area contributed by atoms with E-state index >= 15 is 0 Å². The third kappa shape index (κ3) is 6.15. The summed E-state index contributed by atoms with van der Waals surface area (Å²) in [4.78, 5) is 37.0. The zero-order valence-electron chi connectivity index (χ0n) is 17.0. The number of nitrogens with one attached hydrogen (secondary N) is 2. The van der Waals surface area contributed by atoms with E-state index in [0.29, 0.717) is 25.2 Å². The van der Waals surface area contributed by atoms with Crippen molar-refractivity contribution in [2.24, 2.45) is 0 Å². The molecular formula is C20H26N4O5. The number of anilines is 1. The summed E-state index contributed by atoms with van der Waals surface area (Å²) in [6, 6.07) is 8.99. The third-order valence-electron chi connectivity index (χ3n) is 4.37. The van der Waals surface area contributed by atoms with Gasteiger partial charge >= 0.3 is 0 Å². The Morgan fingerprint density at radius 3 is 2.41 bits per heavy atom. The van der Waals surface area contributed by atoms with Crippen LogP contribution in [-0.4, -0.2) is 46.8 Å². The van der Waals surface area contributed by atoms with Crippen molar-refractivity contribution in [1.82, 2.24) is 10.2 Å². The minimum atomic E-state index is -0.578. The number of nitrogens with zero attached hydrogens (tertiary/aromatic N) is 2. The molecule has 1 aromatic carbocycles. The summed E-state index contributed by atoms with van der Waals surface area (Å²) < 4.78 is 5.38. The molecule has 0 unspecified atom stereocenters. The average molecular weight is 402 g/mol. The normalized spacial score (nSPS) is 11.1. The van der Waals surface area contributed by atoms with Crippen molar-refractivity contribution >= 4 is 23.4 Å². The molecule has 156 valence electrons. The van der Waals surface area contributed by atoms with Gasteiger partial charge in [-0.15, -0.1) is 0 Å². The molecule has 9 heteroatoms. The molecule has 0 aliphatic rings. The fourth-order valence-corrected chi connectivity index (χ4v) is 2.97. The summed E-state index contributed by atoms with van der Waals surface area (Å²) in [6.07, 6.45) is 0. The first kappa shape index (κ1) is 22.1. The number of nitro groups is 1. The second-order valence-corrected chi connectivity index (χ2v) is 7.11. The highest BCUT2D eigenvalue weighted by Gasteiger charge is 2.17. The highest BCUT2D eigenvalue weighted by molar-refractivity contribution is 6.04. The van der Waals surface area contributed by atoms with E-state index in [1.807, 2.05) is 0 Å². The Morgan fingerprint density at radius 2 is 1.79 bits per heavy atom. The van der Waals surface area contributed by atoms with Crippen molar-refractivity contribution in [1.29, 1.82) is 0 Å². The zero-order valence-corrected chi connectivity index (χ0v) is 17.0. The number of rotatable bonds is 9. The summed E-state index contributed by atoms with van der Waals surface area (Å²) in [5.74, 6) is -0.801. The summed E-state index contributed by atoms with van der Waals surface area (Å²) in [6.45, 7) is 9.58. The van der Waals surface area contributed by atoms with Gasteiger partial charge in [0, 0.05) is 48.9 Å². The van der Waals surface area contributed by atoms with E-state index in [0.717, 1.165) is 0 Å². The SMILES string of the molecule is CC(C)N(CCNC(=O)c1ccc(NC(=O)c2cccc([N+](=O)[O-])c2)o1)C(C)C. The fourth-order valence-electron chi connectivity index (χ4n) is 2.97. The Balaban J connectivity index is 1.93. The molecule has 0 radical (unpaired) electrons. The molecule has 0 aliphatic carbocycles. The third-order valence-corrected chi connectivity index (χ3v) is 4.37. The molecule has 2 amide bonds. The average Bonchev–Trinajstić information content (AvgIpc) is 3.13. The lowest BCUT2D eigenvalue weighted by atomic mass is 10.2. The van der Waals surface area contributed by atoms with Gasteiger partial charge in [-0.3, -0.25) is 29.9 Å². The van der Waals surface area contributed by atoms with Crippen LogP contribution in [0.1, 0.15) is 48.6 Å². The minimum absolute atomic E-state index is 0.0694. The molecule has 0 aliphatic heterocycles. The van der Waals surface area contributed by atoms with Gasteiger partial charge in [0.15, 0.2) is 5.76 Å². The van der Waals surface area contributed by atoms with Crippen LogP contribution in [0.5, 0.6) is 0 Å². The van der Waals surface area contributed by atoms with Crippen LogP contribution >= 0.6 is 0 Å². The van der Waals surface area contributed by atoms with Crippen LogP contribution in [0.3, 0.4) is 0 Å². The van der Waals surface area contributed by atoms with Crippen LogP contribution in [0.25, 0.3) is 0 Å². The Bertz CT molecular complexity index is 867. The van der Waals surface area contributed by atoms with Crippen molar-refractivity contribution in [2.45, 2.75) is 39.8 Å². The minimum Gasteiger partial charge on any atom is -0.435 e. The Morgan fingerprint density at radius 1 is 1.10 bits per heavy atom. The highest BCUT2D eigenvalue weighted by atomic mass is 16.6. The van der Waals surface area contributed by atoms with Gasteiger partial charge in [-0.05, 0) is 39.8 Å². The molecule has 9 nitrogen and oxygen atoms in total. The van der Waals surface area contributed by atoms with E-state index < -0.39 is 10.8 Å².